The summed E-state index contributed by atoms with van der Waals surface area (Å²) in [6.07, 6.45) is 1.29. The summed E-state index contributed by atoms with van der Waals surface area (Å²) in [6, 6.07) is 1.89. The largest absolute Gasteiger partial charge is 0.397 e. The van der Waals surface area contributed by atoms with Gasteiger partial charge in [-0.15, -0.1) is 0 Å². The molecular formula is C12H19FN2O. The fraction of sp³-hybridized carbons (Fsp3) is 0.583. The predicted molar refractivity (Wildman–Crippen MR) is 63.0 cm³/mol. The Morgan fingerprint density at radius 1 is 1.50 bits per heavy atom. The Balaban J connectivity index is 2.77. The van der Waals surface area contributed by atoms with Crippen LogP contribution in [0.4, 0.5) is 10.1 Å². The van der Waals surface area contributed by atoms with E-state index in [0.29, 0.717) is 5.69 Å². The van der Waals surface area contributed by atoms with Gasteiger partial charge < -0.3 is 10.5 Å². The van der Waals surface area contributed by atoms with E-state index in [-0.39, 0.29) is 12.7 Å². The van der Waals surface area contributed by atoms with Gasteiger partial charge in [-0.25, -0.2) is 4.39 Å². The monoisotopic (exact) mass is 226 g/mol. The number of aryl methyl sites for hydroxylation is 1. The molecule has 16 heavy (non-hydrogen) atoms. The minimum absolute atomic E-state index is 0.0936. The first-order valence-corrected chi connectivity index (χ1v) is 5.54. The average Bonchev–Trinajstić information content (AvgIpc) is 2.25. The van der Waals surface area contributed by atoms with Crippen molar-refractivity contribution in [1.82, 2.24) is 4.98 Å². The van der Waals surface area contributed by atoms with Gasteiger partial charge in [0.15, 0.2) is 0 Å². The highest BCUT2D eigenvalue weighted by atomic mass is 19.1. The summed E-state index contributed by atoms with van der Waals surface area (Å²) in [5.74, 6) is 0. The van der Waals surface area contributed by atoms with Crippen molar-refractivity contribution >= 4 is 5.69 Å². The third-order valence-corrected chi connectivity index (χ3v) is 2.36. The van der Waals surface area contributed by atoms with E-state index < -0.39 is 6.17 Å². The van der Waals surface area contributed by atoms with Crippen LogP contribution >= 0.6 is 0 Å². The van der Waals surface area contributed by atoms with Gasteiger partial charge in [0, 0.05) is 0 Å². The fourth-order valence-electron chi connectivity index (χ4n) is 1.54. The zero-order valence-electron chi connectivity index (χ0n) is 10.0. The van der Waals surface area contributed by atoms with Crippen molar-refractivity contribution in [2.75, 3.05) is 12.3 Å². The number of pyridine rings is 1. The molecule has 0 saturated heterocycles. The van der Waals surface area contributed by atoms with Gasteiger partial charge in [-0.2, -0.15) is 0 Å². The summed E-state index contributed by atoms with van der Waals surface area (Å²) in [7, 11) is 0. The third-order valence-electron chi connectivity index (χ3n) is 2.36. The van der Waals surface area contributed by atoms with Gasteiger partial charge in [0.1, 0.15) is 6.17 Å². The Hall–Kier alpha value is -1.16. The molecule has 0 spiro atoms. The van der Waals surface area contributed by atoms with Gasteiger partial charge in [0.25, 0.3) is 0 Å². The number of anilines is 1. The minimum atomic E-state index is -0.957. The maximum atomic E-state index is 12.7. The van der Waals surface area contributed by atoms with Gasteiger partial charge >= 0.3 is 0 Å². The summed E-state index contributed by atoms with van der Waals surface area (Å²) in [4.78, 5) is 4.25. The first-order chi connectivity index (χ1) is 7.54. The average molecular weight is 226 g/mol. The maximum absolute atomic E-state index is 12.7. The number of nitrogens with two attached hydrogens (primary N) is 1. The molecule has 4 heteroatoms. The summed E-state index contributed by atoms with van der Waals surface area (Å²) in [6.45, 7) is 5.48. The van der Waals surface area contributed by atoms with Crippen LogP contribution in [0.2, 0.25) is 0 Å². The van der Waals surface area contributed by atoms with Crippen molar-refractivity contribution in [2.24, 2.45) is 0 Å². The third kappa shape index (κ3) is 3.45. The first kappa shape index (κ1) is 12.9. The molecule has 0 bridgehead atoms. The number of hydrogen-bond donors (Lipinski definition) is 1. The number of alkyl halides is 1. The van der Waals surface area contributed by atoms with E-state index in [4.69, 9.17) is 10.5 Å². The Morgan fingerprint density at radius 2 is 2.19 bits per heavy atom. The summed E-state index contributed by atoms with van der Waals surface area (Å²) in [5, 5.41) is 0. The van der Waals surface area contributed by atoms with E-state index in [2.05, 4.69) is 4.98 Å². The lowest BCUT2D eigenvalue weighted by Gasteiger charge is -2.16. The maximum Gasteiger partial charge on any atom is 0.121 e. The number of nitrogens with zero attached hydrogens (tertiary/aromatic N) is 1. The van der Waals surface area contributed by atoms with Crippen molar-refractivity contribution in [1.29, 1.82) is 0 Å². The van der Waals surface area contributed by atoms with Gasteiger partial charge in [-0.1, -0.05) is 6.92 Å². The van der Waals surface area contributed by atoms with Crippen LogP contribution in [0.3, 0.4) is 0 Å². The number of aromatic nitrogens is 1. The van der Waals surface area contributed by atoms with Gasteiger partial charge in [-0.05, 0) is 31.9 Å². The van der Waals surface area contributed by atoms with Crippen LogP contribution < -0.4 is 5.73 Å². The molecule has 2 unspecified atom stereocenters. The fourth-order valence-corrected chi connectivity index (χ4v) is 1.54. The minimum Gasteiger partial charge on any atom is -0.397 e. The molecule has 0 saturated carbocycles. The quantitative estimate of drug-likeness (QED) is 0.839. The number of ether oxygens (including phenoxy) is 1. The van der Waals surface area contributed by atoms with Crippen molar-refractivity contribution in [3.63, 3.8) is 0 Å². The van der Waals surface area contributed by atoms with Gasteiger partial charge in [-0.3, -0.25) is 4.98 Å². The second-order valence-electron chi connectivity index (χ2n) is 3.92. The molecule has 2 N–H and O–H groups in total. The first-order valence-electron chi connectivity index (χ1n) is 5.54. The van der Waals surface area contributed by atoms with Crippen molar-refractivity contribution in [3.8, 4) is 0 Å². The number of halogens is 1. The molecule has 1 rings (SSSR count). The topological polar surface area (TPSA) is 48.1 Å². The van der Waals surface area contributed by atoms with Crippen LogP contribution in [0, 0.1) is 0 Å². The second kappa shape index (κ2) is 5.80. The zero-order chi connectivity index (χ0) is 12.1. The molecular weight excluding hydrogens is 207 g/mol. The standard InChI is InChI=1S/C12H19FN2O/c1-4-10-5-11(14)6-15-12(10)9(3)16-7-8(2)13/h5-6,8-9H,4,7,14H2,1-3H3. The Kier molecular flexibility index (Phi) is 4.68. The number of nitrogen functional groups attached to an aromatic ring is 1. The molecule has 0 aliphatic rings. The number of rotatable bonds is 5. The molecule has 0 fully saturated rings. The Labute approximate surface area is 95.8 Å². The predicted octanol–water partition coefficient (Wildman–Crippen LogP) is 2.66. The van der Waals surface area contributed by atoms with E-state index in [9.17, 15) is 4.39 Å². The van der Waals surface area contributed by atoms with Gasteiger partial charge in [0.05, 0.1) is 30.3 Å². The van der Waals surface area contributed by atoms with Gasteiger partial charge in [0.2, 0.25) is 0 Å². The molecule has 0 radical (unpaired) electrons. The lowest BCUT2D eigenvalue weighted by Crippen LogP contribution is -2.12. The molecule has 0 aromatic carbocycles. The SMILES string of the molecule is CCc1cc(N)cnc1C(C)OCC(C)F. The van der Waals surface area contributed by atoms with Crippen LogP contribution in [-0.2, 0) is 11.2 Å². The summed E-state index contributed by atoms with van der Waals surface area (Å²) >= 11 is 0. The molecule has 1 aromatic rings. The Bertz CT molecular complexity index is 342. The van der Waals surface area contributed by atoms with Crippen LogP contribution in [-0.4, -0.2) is 17.8 Å². The summed E-state index contributed by atoms with van der Waals surface area (Å²) in [5.41, 5.74) is 8.21. The highest BCUT2D eigenvalue weighted by Crippen LogP contribution is 2.21. The van der Waals surface area contributed by atoms with E-state index >= 15 is 0 Å². The normalized spacial score (nSPS) is 14.8. The van der Waals surface area contributed by atoms with E-state index in [1.165, 1.54) is 6.92 Å². The van der Waals surface area contributed by atoms with Crippen LogP contribution in [0.25, 0.3) is 0 Å². The Morgan fingerprint density at radius 3 is 2.75 bits per heavy atom. The van der Waals surface area contributed by atoms with E-state index in [0.717, 1.165) is 17.7 Å². The second-order valence-corrected chi connectivity index (χ2v) is 3.92. The van der Waals surface area contributed by atoms with Crippen molar-refractivity contribution in [3.05, 3.63) is 23.5 Å². The molecule has 2 atom stereocenters. The lowest BCUT2D eigenvalue weighted by molar-refractivity contribution is 0.0299. The zero-order valence-corrected chi connectivity index (χ0v) is 10.0. The summed E-state index contributed by atoms with van der Waals surface area (Å²) < 4.78 is 18.1. The molecule has 1 heterocycles. The molecule has 1 aromatic heterocycles. The molecule has 0 aliphatic heterocycles. The highest BCUT2D eigenvalue weighted by molar-refractivity contribution is 5.40. The van der Waals surface area contributed by atoms with Crippen molar-refractivity contribution in [2.45, 2.75) is 39.5 Å². The smallest absolute Gasteiger partial charge is 0.121 e. The van der Waals surface area contributed by atoms with Crippen LogP contribution in [0.1, 0.15) is 38.1 Å². The van der Waals surface area contributed by atoms with E-state index in [1.807, 2.05) is 19.9 Å². The number of hydrogen-bond acceptors (Lipinski definition) is 3. The molecule has 0 amide bonds. The molecule has 3 nitrogen and oxygen atoms in total. The van der Waals surface area contributed by atoms with Crippen molar-refractivity contribution < 1.29 is 9.13 Å². The molecule has 90 valence electrons. The lowest BCUT2D eigenvalue weighted by atomic mass is 10.1. The molecule has 0 aliphatic carbocycles. The van der Waals surface area contributed by atoms with E-state index in [1.54, 1.807) is 6.20 Å². The highest BCUT2D eigenvalue weighted by Gasteiger charge is 2.13. The van der Waals surface area contributed by atoms with Crippen LogP contribution in [0.5, 0.6) is 0 Å². The van der Waals surface area contributed by atoms with Crippen LogP contribution in [0.15, 0.2) is 12.3 Å².